The van der Waals surface area contributed by atoms with Crippen LogP contribution in [0, 0.1) is 5.41 Å². The summed E-state index contributed by atoms with van der Waals surface area (Å²) >= 11 is 0. The molecular formula is C22H24F3N6. The molecule has 2 aromatic heterocycles. The van der Waals surface area contributed by atoms with Crippen molar-refractivity contribution in [2.45, 2.75) is 38.8 Å². The summed E-state index contributed by atoms with van der Waals surface area (Å²) in [7, 11) is 0. The Kier molecular flexibility index (Phi) is 4.96. The lowest BCUT2D eigenvalue weighted by Gasteiger charge is -2.39. The van der Waals surface area contributed by atoms with Crippen molar-refractivity contribution in [1.82, 2.24) is 20.3 Å². The molecule has 0 N–H and O–H groups in total. The number of anilines is 1. The number of halogens is 3. The average Bonchev–Trinajstić information content (AvgIpc) is 3.36. The summed E-state index contributed by atoms with van der Waals surface area (Å²) in [5.74, 6) is 1.25. The second-order valence-electron chi connectivity index (χ2n) is 8.74. The van der Waals surface area contributed by atoms with Gasteiger partial charge in [-0.3, -0.25) is 9.98 Å². The first-order valence-corrected chi connectivity index (χ1v) is 10.7. The summed E-state index contributed by atoms with van der Waals surface area (Å²) in [6.45, 7) is 5.98. The molecule has 2 aromatic rings. The number of allylic oxidation sites excluding steroid dienone is 1. The fourth-order valence-corrected chi connectivity index (χ4v) is 4.80. The molecule has 0 aromatic carbocycles. The quantitative estimate of drug-likeness (QED) is 0.748. The number of rotatable bonds is 3. The van der Waals surface area contributed by atoms with Crippen molar-refractivity contribution in [2.24, 2.45) is 10.4 Å². The lowest BCUT2D eigenvalue weighted by molar-refractivity contribution is -0.127. The minimum atomic E-state index is -4.31. The highest BCUT2D eigenvalue weighted by Crippen LogP contribution is 2.40. The van der Waals surface area contributed by atoms with Crippen molar-refractivity contribution < 1.29 is 13.2 Å². The van der Waals surface area contributed by atoms with Crippen molar-refractivity contribution in [3.8, 4) is 0 Å². The summed E-state index contributed by atoms with van der Waals surface area (Å²) in [5, 5.41) is 5.17. The summed E-state index contributed by atoms with van der Waals surface area (Å²) < 4.78 is 38.9. The molecule has 0 unspecified atom stereocenters. The fourth-order valence-electron chi connectivity index (χ4n) is 4.80. The Morgan fingerprint density at radius 1 is 1.13 bits per heavy atom. The molecule has 2 fully saturated rings. The number of aromatic nitrogens is 3. The number of pyridine rings is 1. The molecule has 163 valence electrons. The van der Waals surface area contributed by atoms with E-state index in [0.29, 0.717) is 29.1 Å². The van der Waals surface area contributed by atoms with Gasteiger partial charge in [-0.25, -0.2) is 15.3 Å². The van der Waals surface area contributed by atoms with Gasteiger partial charge in [-0.1, -0.05) is 6.08 Å². The predicted molar refractivity (Wildman–Crippen MR) is 113 cm³/mol. The van der Waals surface area contributed by atoms with E-state index in [-0.39, 0.29) is 11.1 Å². The zero-order chi connectivity index (χ0) is 21.6. The van der Waals surface area contributed by atoms with E-state index in [1.54, 1.807) is 0 Å². The van der Waals surface area contributed by atoms with E-state index in [9.17, 15) is 13.2 Å². The third-order valence-electron chi connectivity index (χ3n) is 6.63. The van der Waals surface area contributed by atoms with Gasteiger partial charge >= 0.3 is 6.18 Å². The van der Waals surface area contributed by atoms with Gasteiger partial charge in [0.25, 0.3) is 0 Å². The molecule has 0 atom stereocenters. The summed E-state index contributed by atoms with van der Waals surface area (Å²) in [6.07, 6.45) is 1.20. The summed E-state index contributed by atoms with van der Waals surface area (Å²) in [5.41, 5.74) is 2.58. The van der Waals surface area contributed by atoms with E-state index in [4.69, 9.17) is 4.98 Å². The van der Waals surface area contributed by atoms with Crippen LogP contribution in [-0.2, 0) is 6.42 Å². The number of fused-ring (bicyclic) bond motifs is 1. The van der Waals surface area contributed by atoms with Crippen molar-refractivity contribution in [3.05, 3.63) is 29.9 Å². The van der Waals surface area contributed by atoms with Crippen LogP contribution in [0.4, 0.5) is 19.0 Å². The van der Waals surface area contributed by atoms with Gasteiger partial charge in [0.05, 0.1) is 30.4 Å². The van der Waals surface area contributed by atoms with E-state index in [0.717, 1.165) is 56.7 Å². The first kappa shape index (κ1) is 20.4. The molecule has 6 nitrogen and oxygen atoms in total. The number of hydrogen-bond donors (Lipinski definition) is 0. The summed E-state index contributed by atoms with van der Waals surface area (Å²) in [4.78, 5) is 20.1. The molecule has 0 amide bonds. The zero-order valence-corrected chi connectivity index (χ0v) is 17.4. The molecule has 5 rings (SSSR count). The predicted octanol–water partition coefficient (Wildman–Crippen LogP) is 3.58. The third kappa shape index (κ3) is 4.03. The Bertz CT molecular complexity index is 1060. The Hall–Kier alpha value is -2.55. The zero-order valence-electron chi connectivity index (χ0n) is 17.4. The lowest BCUT2D eigenvalue weighted by atomic mass is 9.78. The second-order valence-corrected chi connectivity index (χ2v) is 8.74. The Morgan fingerprint density at radius 3 is 2.58 bits per heavy atom. The smallest absolute Gasteiger partial charge is 0.356 e. The highest BCUT2D eigenvalue weighted by atomic mass is 19.4. The first-order valence-electron chi connectivity index (χ1n) is 10.7. The molecule has 5 heterocycles. The fraction of sp³-hybridized carbons (Fsp3) is 0.545. The highest BCUT2D eigenvalue weighted by Gasteiger charge is 2.38. The average molecular weight is 429 g/mol. The molecule has 3 aliphatic rings. The molecule has 2 saturated heterocycles. The molecule has 3 aliphatic heterocycles. The number of hydrogen-bond acceptors (Lipinski definition) is 5. The molecule has 1 spiro atoms. The van der Waals surface area contributed by atoms with Crippen LogP contribution in [0.15, 0.2) is 23.3 Å². The SMILES string of the molecule is CC1=NCC=C1c1nc(N2CCC3(CC[N]C3)CC2)c2cc(CC(F)(F)F)ncc2n1. The van der Waals surface area contributed by atoms with E-state index < -0.39 is 12.6 Å². The van der Waals surface area contributed by atoms with Crippen LogP contribution >= 0.6 is 0 Å². The third-order valence-corrected chi connectivity index (χ3v) is 6.63. The number of aliphatic imine (C=N–C) groups is 1. The van der Waals surface area contributed by atoms with Gasteiger partial charge in [-0.05, 0) is 37.7 Å². The lowest BCUT2D eigenvalue weighted by Crippen LogP contribution is -2.41. The van der Waals surface area contributed by atoms with Crippen molar-refractivity contribution >= 4 is 28.0 Å². The van der Waals surface area contributed by atoms with Crippen LogP contribution in [-0.4, -0.2) is 59.6 Å². The maximum atomic E-state index is 13.0. The Labute approximate surface area is 178 Å². The van der Waals surface area contributed by atoms with E-state index in [1.807, 2.05) is 13.0 Å². The molecular weight excluding hydrogens is 405 g/mol. The van der Waals surface area contributed by atoms with E-state index in [1.165, 1.54) is 12.3 Å². The minimum absolute atomic E-state index is 0.0153. The molecule has 0 bridgehead atoms. The highest BCUT2D eigenvalue weighted by molar-refractivity contribution is 6.23. The molecule has 9 heteroatoms. The topological polar surface area (TPSA) is 68.4 Å². The van der Waals surface area contributed by atoms with Gasteiger partial charge in [0, 0.05) is 42.9 Å². The van der Waals surface area contributed by atoms with Crippen LogP contribution in [0.5, 0.6) is 0 Å². The van der Waals surface area contributed by atoms with Gasteiger partial charge in [0.1, 0.15) is 5.82 Å². The van der Waals surface area contributed by atoms with Gasteiger partial charge in [-0.2, -0.15) is 13.2 Å². The van der Waals surface area contributed by atoms with Crippen LogP contribution in [0.3, 0.4) is 0 Å². The van der Waals surface area contributed by atoms with Gasteiger partial charge in [0.15, 0.2) is 5.82 Å². The standard InChI is InChI=1S/C22H24F3N6/c1-14-16(2-6-27-14)19-29-18-12-28-15(11-22(23,24)25)10-17(18)20(30-19)31-8-4-21(5-9-31)3-7-26-13-21/h2,10,12H,3-9,11,13H2,1H3. The van der Waals surface area contributed by atoms with Crippen LogP contribution in [0.1, 0.15) is 37.7 Å². The van der Waals surface area contributed by atoms with Gasteiger partial charge in [-0.15, -0.1) is 0 Å². The van der Waals surface area contributed by atoms with Crippen molar-refractivity contribution in [2.75, 3.05) is 37.6 Å². The van der Waals surface area contributed by atoms with Crippen molar-refractivity contribution in [1.29, 1.82) is 0 Å². The molecule has 0 saturated carbocycles. The van der Waals surface area contributed by atoms with Crippen LogP contribution in [0.2, 0.25) is 0 Å². The molecule has 1 radical (unpaired) electrons. The number of alkyl halides is 3. The molecule has 0 aliphatic carbocycles. The van der Waals surface area contributed by atoms with Crippen LogP contribution in [0.25, 0.3) is 16.5 Å². The normalized spacial score (nSPS) is 21.1. The molecule has 31 heavy (non-hydrogen) atoms. The summed E-state index contributed by atoms with van der Waals surface area (Å²) in [6, 6.07) is 1.50. The maximum Gasteiger partial charge on any atom is 0.394 e. The first-order chi connectivity index (χ1) is 14.8. The Balaban J connectivity index is 1.55. The Morgan fingerprint density at radius 2 is 1.94 bits per heavy atom. The van der Waals surface area contributed by atoms with Crippen LogP contribution < -0.4 is 10.2 Å². The largest absolute Gasteiger partial charge is 0.394 e. The maximum absolute atomic E-state index is 13.0. The number of nitrogens with zero attached hydrogens (tertiary/aromatic N) is 6. The monoisotopic (exact) mass is 429 g/mol. The second kappa shape index (κ2) is 7.55. The van der Waals surface area contributed by atoms with Crippen molar-refractivity contribution in [3.63, 3.8) is 0 Å². The number of piperidine rings is 1. The van der Waals surface area contributed by atoms with E-state index in [2.05, 4.69) is 25.2 Å². The minimum Gasteiger partial charge on any atom is -0.356 e. The van der Waals surface area contributed by atoms with Gasteiger partial charge in [0.2, 0.25) is 0 Å². The van der Waals surface area contributed by atoms with Gasteiger partial charge < -0.3 is 4.90 Å². The van der Waals surface area contributed by atoms with E-state index >= 15 is 0 Å².